The number of aliphatic hydroxyl groups excluding tert-OH is 1. The number of aliphatic hydroxyl groups is 1. The summed E-state index contributed by atoms with van der Waals surface area (Å²) in [4.78, 5) is 13.9. The van der Waals surface area contributed by atoms with Crippen LogP contribution >= 0.6 is 0 Å². The van der Waals surface area contributed by atoms with Crippen LogP contribution in [0.15, 0.2) is 0 Å². The van der Waals surface area contributed by atoms with Gasteiger partial charge < -0.3 is 15.7 Å². The number of hydrogen-bond acceptors (Lipinski definition) is 3. The van der Waals surface area contributed by atoms with E-state index in [1.54, 1.807) is 4.90 Å². The van der Waals surface area contributed by atoms with E-state index in [0.717, 1.165) is 0 Å². The molecule has 1 amide bonds. The molecule has 0 rings (SSSR count). The van der Waals surface area contributed by atoms with Crippen molar-refractivity contribution in [2.24, 2.45) is 11.1 Å². The Morgan fingerprint density at radius 2 is 1.88 bits per heavy atom. The van der Waals surface area contributed by atoms with Gasteiger partial charge in [-0.3, -0.25) is 4.79 Å². The Balaban J connectivity index is 4.61. The maximum Gasteiger partial charge on any atom is 0.240 e. The van der Waals surface area contributed by atoms with Crippen LogP contribution in [0.5, 0.6) is 0 Å². The van der Waals surface area contributed by atoms with Gasteiger partial charge >= 0.3 is 0 Å². The minimum absolute atomic E-state index is 0.0315. The summed E-state index contributed by atoms with van der Waals surface area (Å²) in [5, 5.41) is 8.81. The minimum Gasteiger partial charge on any atom is -0.396 e. The van der Waals surface area contributed by atoms with Crippen molar-refractivity contribution in [3.8, 4) is 0 Å². The predicted molar refractivity (Wildman–Crippen MR) is 66.0 cm³/mol. The highest BCUT2D eigenvalue weighted by molar-refractivity contribution is 5.82. The van der Waals surface area contributed by atoms with Crippen LogP contribution in [0.4, 0.5) is 0 Å². The number of amides is 1. The second kappa shape index (κ2) is 6.21. The van der Waals surface area contributed by atoms with Crippen LogP contribution in [0.1, 0.15) is 41.0 Å². The Labute approximate surface area is 98.8 Å². The van der Waals surface area contributed by atoms with Crippen molar-refractivity contribution in [1.82, 2.24) is 4.90 Å². The van der Waals surface area contributed by atoms with E-state index in [4.69, 9.17) is 10.8 Å². The maximum absolute atomic E-state index is 12.2. The van der Waals surface area contributed by atoms with E-state index >= 15 is 0 Å². The monoisotopic (exact) mass is 230 g/mol. The average molecular weight is 230 g/mol. The molecule has 3 N–H and O–H groups in total. The van der Waals surface area contributed by atoms with Gasteiger partial charge in [0.25, 0.3) is 0 Å². The molecule has 0 saturated carbocycles. The highest BCUT2D eigenvalue weighted by atomic mass is 16.3. The van der Waals surface area contributed by atoms with E-state index in [9.17, 15) is 4.79 Å². The molecule has 0 aromatic rings. The van der Waals surface area contributed by atoms with Crippen molar-refractivity contribution in [3.05, 3.63) is 0 Å². The van der Waals surface area contributed by atoms with Crippen molar-refractivity contribution in [3.63, 3.8) is 0 Å². The number of hydrogen-bond donors (Lipinski definition) is 2. The molecule has 0 unspecified atom stereocenters. The summed E-state index contributed by atoms with van der Waals surface area (Å²) in [7, 11) is 0. The largest absolute Gasteiger partial charge is 0.396 e. The molecule has 0 aromatic carbocycles. The number of nitrogens with two attached hydrogens (primary N) is 1. The smallest absolute Gasteiger partial charge is 0.240 e. The molecule has 4 heteroatoms. The molecule has 16 heavy (non-hydrogen) atoms. The van der Waals surface area contributed by atoms with E-state index in [1.807, 2.05) is 34.6 Å². The highest BCUT2D eigenvalue weighted by Gasteiger charge is 2.31. The molecule has 0 radical (unpaired) electrons. The molecule has 0 aromatic heterocycles. The van der Waals surface area contributed by atoms with Gasteiger partial charge in [-0.2, -0.15) is 0 Å². The molecule has 96 valence electrons. The fraction of sp³-hybridized carbons (Fsp3) is 0.917. The standard InChI is InChI=1S/C12H26N2O2/c1-9(2)14(7-6-8-15)11(16)10(13)12(3,4)5/h9-10,15H,6-8,13H2,1-5H3/t10-/m0/s1. The van der Waals surface area contributed by atoms with Crippen LogP contribution < -0.4 is 5.73 Å². The third kappa shape index (κ3) is 4.49. The molecule has 0 fully saturated rings. The lowest BCUT2D eigenvalue weighted by atomic mass is 9.86. The first-order valence-corrected chi connectivity index (χ1v) is 5.88. The third-order valence-electron chi connectivity index (χ3n) is 2.66. The van der Waals surface area contributed by atoms with Gasteiger partial charge in [0.2, 0.25) is 5.91 Å². The first-order chi connectivity index (χ1) is 7.21. The fourth-order valence-electron chi connectivity index (χ4n) is 1.41. The summed E-state index contributed by atoms with van der Waals surface area (Å²) >= 11 is 0. The van der Waals surface area contributed by atoms with Crippen LogP contribution in [0, 0.1) is 5.41 Å². The third-order valence-corrected chi connectivity index (χ3v) is 2.66. The first kappa shape index (κ1) is 15.4. The second-order valence-corrected chi connectivity index (χ2v) is 5.55. The van der Waals surface area contributed by atoms with Crippen molar-refractivity contribution >= 4 is 5.91 Å². The maximum atomic E-state index is 12.2. The first-order valence-electron chi connectivity index (χ1n) is 5.88. The highest BCUT2D eigenvalue weighted by Crippen LogP contribution is 2.20. The normalized spacial score (nSPS) is 14.0. The Hall–Kier alpha value is -0.610. The van der Waals surface area contributed by atoms with Gasteiger partial charge in [0.05, 0.1) is 6.04 Å². The fourth-order valence-corrected chi connectivity index (χ4v) is 1.41. The molecular formula is C12H26N2O2. The molecule has 0 aliphatic heterocycles. The predicted octanol–water partition coefficient (Wildman–Crippen LogP) is 0.979. The van der Waals surface area contributed by atoms with E-state index in [0.29, 0.717) is 13.0 Å². The van der Waals surface area contributed by atoms with E-state index in [2.05, 4.69) is 0 Å². The molecule has 0 bridgehead atoms. The number of carbonyl (C=O) groups excluding carboxylic acids is 1. The van der Waals surface area contributed by atoms with E-state index in [1.165, 1.54) is 0 Å². The zero-order valence-electron chi connectivity index (χ0n) is 11.2. The van der Waals surface area contributed by atoms with E-state index < -0.39 is 6.04 Å². The van der Waals surface area contributed by atoms with Crippen molar-refractivity contribution in [1.29, 1.82) is 0 Å². The summed E-state index contributed by atoms with van der Waals surface area (Å²) in [6, 6.07) is -0.374. The summed E-state index contributed by atoms with van der Waals surface area (Å²) in [6.07, 6.45) is 0.598. The van der Waals surface area contributed by atoms with Gasteiger partial charge in [-0.15, -0.1) is 0 Å². The van der Waals surface area contributed by atoms with Crippen molar-refractivity contribution < 1.29 is 9.90 Å². The van der Waals surface area contributed by atoms with Crippen molar-refractivity contribution in [2.45, 2.75) is 53.1 Å². The molecule has 0 spiro atoms. The molecule has 1 atom stereocenters. The Bertz CT molecular complexity index is 222. The van der Waals surface area contributed by atoms with Crippen molar-refractivity contribution in [2.75, 3.05) is 13.2 Å². The van der Waals surface area contributed by atoms with Gasteiger partial charge in [0, 0.05) is 19.2 Å². The molecule has 0 aliphatic carbocycles. The van der Waals surface area contributed by atoms with Crippen LogP contribution in [-0.4, -0.2) is 41.1 Å². The minimum atomic E-state index is -0.492. The lowest BCUT2D eigenvalue weighted by Gasteiger charge is -2.34. The summed E-state index contributed by atoms with van der Waals surface area (Å²) in [5.74, 6) is -0.0315. The van der Waals surface area contributed by atoms with Gasteiger partial charge in [0.1, 0.15) is 0 Å². The Morgan fingerprint density at radius 3 is 2.19 bits per heavy atom. The van der Waals surface area contributed by atoms with Gasteiger partial charge in [0.15, 0.2) is 0 Å². The summed E-state index contributed by atoms with van der Waals surface area (Å²) < 4.78 is 0. The summed E-state index contributed by atoms with van der Waals surface area (Å²) in [6.45, 7) is 10.5. The Morgan fingerprint density at radius 1 is 1.38 bits per heavy atom. The van der Waals surface area contributed by atoms with E-state index in [-0.39, 0.29) is 24.0 Å². The lowest BCUT2D eigenvalue weighted by Crippen LogP contribution is -2.52. The Kier molecular flexibility index (Phi) is 5.97. The molecule has 0 heterocycles. The lowest BCUT2D eigenvalue weighted by molar-refractivity contribution is -0.136. The second-order valence-electron chi connectivity index (χ2n) is 5.55. The van der Waals surface area contributed by atoms with Crippen LogP contribution in [0.2, 0.25) is 0 Å². The number of nitrogens with zero attached hydrogens (tertiary/aromatic N) is 1. The van der Waals surface area contributed by atoms with Gasteiger partial charge in [-0.05, 0) is 25.7 Å². The molecule has 0 saturated heterocycles. The summed E-state index contributed by atoms with van der Waals surface area (Å²) in [5.41, 5.74) is 5.72. The van der Waals surface area contributed by atoms with Crippen LogP contribution in [0.25, 0.3) is 0 Å². The topological polar surface area (TPSA) is 66.6 Å². The SMILES string of the molecule is CC(C)N(CCCO)C(=O)[C@H](N)C(C)(C)C. The number of carbonyl (C=O) groups is 1. The zero-order valence-corrected chi connectivity index (χ0v) is 11.2. The average Bonchev–Trinajstić information content (AvgIpc) is 2.15. The van der Waals surface area contributed by atoms with Gasteiger partial charge in [-0.25, -0.2) is 0 Å². The quantitative estimate of drug-likeness (QED) is 0.740. The van der Waals surface area contributed by atoms with Crippen LogP contribution in [0.3, 0.4) is 0 Å². The van der Waals surface area contributed by atoms with Gasteiger partial charge in [-0.1, -0.05) is 20.8 Å². The zero-order chi connectivity index (χ0) is 12.9. The molecule has 4 nitrogen and oxygen atoms in total. The molecule has 0 aliphatic rings. The number of rotatable bonds is 5. The molecular weight excluding hydrogens is 204 g/mol. The van der Waals surface area contributed by atoms with Crippen LogP contribution in [-0.2, 0) is 4.79 Å².